The molecule has 0 saturated carbocycles. The first kappa shape index (κ1) is 23.3. The molecule has 0 unspecified atom stereocenters. The fraction of sp³-hybridized carbons (Fsp3) is 0.636. The monoisotopic (exact) mass is 401 g/mol. The van der Waals surface area contributed by atoms with Crippen LogP contribution in [0.5, 0.6) is 0 Å². The SMILES string of the molecule is O=C(O)CNC(=O)[C@H](CS)NC(=O)CC[C@H](NCP(=O)(O)O)C(=O)O. The first-order valence-corrected chi connectivity index (χ1v) is 9.29. The minimum absolute atomic E-state index is 0.115. The molecule has 0 spiro atoms. The number of hydrogen-bond donors (Lipinski definition) is 8. The maximum Gasteiger partial charge on any atom is 0.339 e. The van der Waals surface area contributed by atoms with Crippen LogP contribution in [-0.2, 0) is 23.7 Å². The van der Waals surface area contributed by atoms with Crippen LogP contribution in [0.3, 0.4) is 0 Å². The summed E-state index contributed by atoms with van der Waals surface area (Å²) in [5, 5.41) is 23.9. The van der Waals surface area contributed by atoms with Gasteiger partial charge in [0.05, 0.1) is 6.29 Å². The van der Waals surface area contributed by atoms with Crippen LogP contribution in [0.25, 0.3) is 0 Å². The van der Waals surface area contributed by atoms with Crippen LogP contribution in [0.2, 0.25) is 0 Å². The summed E-state index contributed by atoms with van der Waals surface area (Å²) in [5.41, 5.74) is 0. The predicted octanol–water partition coefficient (Wildman–Crippen LogP) is -2.44. The second-order valence-corrected chi connectivity index (χ2v) is 6.88. The fourth-order valence-corrected chi connectivity index (χ4v) is 2.28. The summed E-state index contributed by atoms with van der Waals surface area (Å²) in [6.07, 6.45) is -1.48. The summed E-state index contributed by atoms with van der Waals surface area (Å²) in [6, 6.07) is -2.48. The van der Waals surface area contributed by atoms with E-state index in [0.717, 1.165) is 0 Å². The number of nitrogens with one attached hydrogen (secondary N) is 3. The van der Waals surface area contributed by atoms with Gasteiger partial charge in [-0.3, -0.25) is 29.1 Å². The average molecular weight is 401 g/mol. The van der Waals surface area contributed by atoms with Gasteiger partial charge in [0.1, 0.15) is 18.6 Å². The molecule has 2 amide bonds. The maximum absolute atomic E-state index is 11.8. The number of hydrogen-bond acceptors (Lipinski definition) is 7. The minimum Gasteiger partial charge on any atom is -0.480 e. The van der Waals surface area contributed by atoms with Crippen molar-refractivity contribution < 1.29 is 43.7 Å². The van der Waals surface area contributed by atoms with Gasteiger partial charge < -0.3 is 30.6 Å². The summed E-state index contributed by atoms with van der Waals surface area (Å²) >= 11 is 3.86. The summed E-state index contributed by atoms with van der Waals surface area (Å²) in [5.74, 6) is -4.24. The van der Waals surface area contributed by atoms with Crippen molar-refractivity contribution in [3.63, 3.8) is 0 Å². The molecule has 0 saturated heterocycles. The van der Waals surface area contributed by atoms with E-state index in [1.807, 2.05) is 0 Å². The van der Waals surface area contributed by atoms with E-state index in [4.69, 9.17) is 20.0 Å². The Labute approximate surface area is 147 Å². The first-order valence-electron chi connectivity index (χ1n) is 6.86. The van der Waals surface area contributed by atoms with Crippen molar-refractivity contribution in [1.82, 2.24) is 16.0 Å². The molecular weight excluding hydrogens is 381 g/mol. The van der Waals surface area contributed by atoms with Gasteiger partial charge in [-0.25, -0.2) is 0 Å². The second-order valence-electron chi connectivity index (χ2n) is 4.87. The average Bonchev–Trinajstić information content (AvgIpc) is 2.48. The van der Waals surface area contributed by atoms with Crippen LogP contribution in [0.1, 0.15) is 12.8 Å². The molecule has 0 aliphatic heterocycles. The number of aliphatic carboxylic acids is 2. The van der Waals surface area contributed by atoms with Crippen molar-refractivity contribution >= 4 is 44.0 Å². The van der Waals surface area contributed by atoms with E-state index in [0.29, 0.717) is 0 Å². The molecule has 0 aromatic rings. The molecular formula is C11H20N3O9PS. The molecule has 0 aliphatic rings. The van der Waals surface area contributed by atoms with Gasteiger partial charge in [0, 0.05) is 12.2 Å². The lowest BCUT2D eigenvalue weighted by Gasteiger charge is -2.17. The van der Waals surface area contributed by atoms with Crippen LogP contribution in [-0.4, -0.2) is 74.4 Å². The van der Waals surface area contributed by atoms with Gasteiger partial charge in [-0.2, -0.15) is 12.6 Å². The van der Waals surface area contributed by atoms with Crippen LogP contribution in [0.4, 0.5) is 0 Å². The molecule has 0 bridgehead atoms. The quantitative estimate of drug-likeness (QED) is 0.128. The van der Waals surface area contributed by atoms with Gasteiger partial charge in [0.2, 0.25) is 11.8 Å². The van der Waals surface area contributed by atoms with Crippen molar-refractivity contribution in [3.05, 3.63) is 0 Å². The molecule has 0 radical (unpaired) electrons. The van der Waals surface area contributed by atoms with Gasteiger partial charge in [-0.05, 0) is 6.42 Å². The lowest BCUT2D eigenvalue weighted by molar-refractivity contribution is -0.139. The third kappa shape index (κ3) is 11.5. The Morgan fingerprint density at radius 1 is 1.08 bits per heavy atom. The summed E-state index contributed by atoms with van der Waals surface area (Å²) in [4.78, 5) is 62.2. The molecule has 25 heavy (non-hydrogen) atoms. The van der Waals surface area contributed by atoms with Crippen molar-refractivity contribution in [2.45, 2.75) is 24.9 Å². The highest BCUT2D eigenvalue weighted by Crippen LogP contribution is 2.32. The lowest BCUT2D eigenvalue weighted by Crippen LogP contribution is -2.49. The Balaban J connectivity index is 4.48. The summed E-state index contributed by atoms with van der Waals surface area (Å²) < 4.78 is 10.7. The van der Waals surface area contributed by atoms with Crippen molar-refractivity contribution in [1.29, 1.82) is 0 Å². The normalized spacial score (nSPS) is 13.6. The van der Waals surface area contributed by atoms with E-state index >= 15 is 0 Å². The highest BCUT2D eigenvalue weighted by molar-refractivity contribution is 7.80. The predicted molar refractivity (Wildman–Crippen MR) is 87.1 cm³/mol. The summed E-state index contributed by atoms with van der Waals surface area (Å²) in [6.45, 7) is -0.633. The summed E-state index contributed by atoms with van der Waals surface area (Å²) in [7, 11) is -4.45. The molecule has 14 heteroatoms. The highest BCUT2D eigenvalue weighted by Gasteiger charge is 2.24. The van der Waals surface area contributed by atoms with Gasteiger partial charge in [-0.1, -0.05) is 0 Å². The van der Waals surface area contributed by atoms with Crippen LogP contribution in [0.15, 0.2) is 0 Å². The zero-order valence-corrected chi connectivity index (χ0v) is 14.7. The fourth-order valence-electron chi connectivity index (χ4n) is 1.56. The van der Waals surface area contributed by atoms with E-state index in [1.165, 1.54) is 0 Å². The number of rotatable bonds is 12. The number of carbonyl (C=O) groups is 4. The van der Waals surface area contributed by atoms with Crippen molar-refractivity contribution in [2.24, 2.45) is 0 Å². The zero-order valence-electron chi connectivity index (χ0n) is 12.9. The van der Waals surface area contributed by atoms with Crippen molar-refractivity contribution in [2.75, 3.05) is 18.6 Å². The van der Waals surface area contributed by atoms with Gasteiger partial charge >= 0.3 is 19.5 Å². The highest BCUT2D eigenvalue weighted by atomic mass is 32.1. The molecule has 7 N–H and O–H groups in total. The molecule has 0 fully saturated rings. The molecule has 0 aliphatic carbocycles. The first-order chi connectivity index (χ1) is 11.5. The zero-order chi connectivity index (χ0) is 19.6. The smallest absolute Gasteiger partial charge is 0.339 e. The standard InChI is InChI=1S/C11H20N3O9PS/c15-8(14-7(4-25)10(18)12-3-9(16)17)2-1-6(11(19)20)13-5-24(21,22)23/h6-7,13,25H,1-5H2,(H,12,18)(H,14,15)(H,16,17)(H,19,20)(H2,21,22,23)/t6-,7-/m0/s1. The molecule has 12 nitrogen and oxygen atoms in total. The van der Waals surface area contributed by atoms with Gasteiger partial charge in [0.25, 0.3) is 0 Å². The Hall–Kier alpha value is -1.66. The molecule has 0 heterocycles. The third-order valence-electron chi connectivity index (χ3n) is 2.75. The largest absolute Gasteiger partial charge is 0.480 e. The Bertz CT molecular complexity index is 553. The molecule has 0 aromatic heterocycles. The lowest BCUT2D eigenvalue weighted by atomic mass is 10.1. The number of carboxylic acid groups (broad SMARTS) is 2. The van der Waals surface area contributed by atoms with E-state index in [2.05, 4.69) is 28.6 Å². The topological polar surface area (TPSA) is 202 Å². The van der Waals surface area contributed by atoms with Gasteiger partial charge in [-0.15, -0.1) is 0 Å². The van der Waals surface area contributed by atoms with Crippen molar-refractivity contribution in [3.8, 4) is 0 Å². The van der Waals surface area contributed by atoms with E-state index < -0.39 is 56.3 Å². The number of amides is 2. The minimum atomic E-state index is -4.45. The Kier molecular flexibility index (Phi) is 10.3. The molecule has 0 rings (SSSR count). The second kappa shape index (κ2) is 11.1. The number of thiol groups is 1. The van der Waals surface area contributed by atoms with Crippen LogP contribution in [0, 0.1) is 0 Å². The number of carbonyl (C=O) groups excluding carboxylic acids is 2. The van der Waals surface area contributed by atoms with E-state index in [1.54, 1.807) is 0 Å². The Morgan fingerprint density at radius 2 is 1.68 bits per heavy atom. The van der Waals surface area contributed by atoms with Crippen LogP contribution >= 0.6 is 20.2 Å². The number of carboxylic acids is 2. The Morgan fingerprint density at radius 3 is 2.12 bits per heavy atom. The van der Waals surface area contributed by atoms with E-state index in [-0.39, 0.29) is 18.6 Å². The molecule has 0 aromatic carbocycles. The molecule has 144 valence electrons. The van der Waals surface area contributed by atoms with Gasteiger partial charge in [0.15, 0.2) is 0 Å². The molecule has 2 atom stereocenters. The third-order valence-corrected chi connectivity index (χ3v) is 3.71. The maximum atomic E-state index is 11.8. The van der Waals surface area contributed by atoms with E-state index in [9.17, 15) is 23.7 Å². The van der Waals surface area contributed by atoms with Crippen LogP contribution < -0.4 is 16.0 Å².